The van der Waals surface area contributed by atoms with Crippen LogP contribution in [0.2, 0.25) is 0 Å². The number of aromatic nitrogens is 3. The molecule has 0 bridgehead atoms. The van der Waals surface area contributed by atoms with Gasteiger partial charge >= 0.3 is 5.97 Å². The normalized spacial score (nSPS) is 19.7. The van der Waals surface area contributed by atoms with Crippen LogP contribution >= 0.6 is 11.8 Å². The molecule has 0 saturated heterocycles. The number of esters is 1. The first-order valence-electron chi connectivity index (χ1n) is 9.66. The molecule has 9 heteroatoms. The van der Waals surface area contributed by atoms with Crippen molar-refractivity contribution in [2.45, 2.75) is 62.6 Å². The summed E-state index contributed by atoms with van der Waals surface area (Å²) in [6.07, 6.45) is 5.09. The lowest BCUT2D eigenvalue weighted by molar-refractivity contribution is -0.387. The maximum absolute atomic E-state index is 12.6. The van der Waals surface area contributed by atoms with Gasteiger partial charge in [0.05, 0.1) is 15.4 Å². The van der Waals surface area contributed by atoms with Gasteiger partial charge in [-0.25, -0.2) is 4.79 Å². The Balaban J connectivity index is 1.69. The molecule has 0 radical (unpaired) electrons. The molecule has 0 spiro atoms. The standard InChI is InChI=1S/C20H26N4O4S/c1-20(2,3)14-6-8-15(9-7-14)28-18(25)13-5-10-17(16(11-13)24(26)27)29-19-22-21-12-23(19)4/h5,10-12,14-15H,6-9H2,1-4H3. The second-order valence-corrected chi connectivity index (χ2v) is 9.52. The number of nitro benzene ring substituents is 1. The van der Waals surface area contributed by atoms with Crippen LogP contribution in [0.1, 0.15) is 56.8 Å². The van der Waals surface area contributed by atoms with E-state index in [1.54, 1.807) is 23.7 Å². The summed E-state index contributed by atoms with van der Waals surface area (Å²) in [6, 6.07) is 4.40. The van der Waals surface area contributed by atoms with E-state index in [2.05, 4.69) is 31.0 Å². The molecule has 1 fully saturated rings. The molecule has 0 N–H and O–H groups in total. The molecule has 0 atom stereocenters. The number of aryl methyl sites for hydroxylation is 1. The summed E-state index contributed by atoms with van der Waals surface area (Å²) in [5.74, 6) is 0.109. The number of benzene rings is 1. The number of nitrogens with zero attached hydrogens (tertiary/aromatic N) is 4. The van der Waals surface area contributed by atoms with Crippen molar-refractivity contribution in [2.75, 3.05) is 0 Å². The van der Waals surface area contributed by atoms with E-state index in [1.165, 1.54) is 12.4 Å². The average molecular weight is 419 g/mol. The fraction of sp³-hybridized carbons (Fsp3) is 0.550. The monoisotopic (exact) mass is 418 g/mol. The number of rotatable bonds is 5. The molecule has 1 aromatic carbocycles. The van der Waals surface area contributed by atoms with Crippen LogP contribution in [-0.2, 0) is 11.8 Å². The lowest BCUT2D eigenvalue weighted by atomic mass is 9.72. The van der Waals surface area contributed by atoms with E-state index in [0.29, 0.717) is 16.0 Å². The molecule has 3 rings (SSSR count). The van der Waals surface area contributed by atoms with Crippen molar-refractivity contribution in [2.24, 2.45) is 18.4 Å². The molecule has 1 aromatic heterocycles. The number of nitro groups is 1. The fourth-order valence-corrected chi connectivity index (χ4v) is 4.45. The second-order valence-electron chi connectivity index (χ2n) is 8.51. The topological polar surface area (TPSA) is 100 Å². The number of ether oxygens (including phenoxy) is 1. The minimum Gasteiger partial charge on any atom is -0.459 e. The van der Waals surface area contributed by atoms with Crippen molar-refractivity contribution in [1.82, 2.24) is 14.8 Å². The molecule has 29 heavy (non-hydrogen) atoms. The van der Waals surface area contributed by atoms with Crippen LogP contribution in [0, 0.1) is 21.4 Å². The van der Waals surface area contributed by atoms with Crippen molar-refractivity contribution < 1.29 is 14.5 Å². The Hall–Kier alpha value is -2.42. The van der Waals surface area contributed by atoms with Crippen LogP contribution in [0.25, 0.3) is 0 Å². The van der Waals surface area contributed by atoms with Gasteiger partial charge in [0.1, 0.15) is 12.4 Å². The maximum atomic E-state index is 12.6. The summed E-state index contributed by atoms with van der Waals surface area (Å²) < 4.78 is 7.31. The van der Waals surface area contributed by atoms with E-state index in [1.807, 2.05) is 0 Å². The highest BCUT2D eigenvalue weighted by Crippen LogP contribution is 2.39. The summed E-state index contributed by atoms with van der Waals surface area (Å²) in [7, 11) is 1.76. The van der Waals surface area contributed by atoms with Crippen LogP contribution < -0.4 is 0 Å². The van der Waals surface area contributed by atoms with E-state index < -0.39 is 10.9 Å². The Kier molecular flexibility index (Phi) is 6.26. The van der Waals surface area contributed by atoms with Crippen LogP contribution in [0.5, 0.6) is 0 Å². The molecule has 1 saturated carbocycles. The molecular weight excluding hydrogens is 392 g/mol. The van der Waals surface area contributed by atoms with E-state index in [9.17, 15) is 14.9 Å². The molecule has 1 aliphatic carbocycles. The van der Waals surface area contributed by atoms with Gasteiger partial charge in [0.15, 0.2) is 5.16 Å². The van der Waals surface area contributed by atoms with Crippen LogP contribution in [-0.4, -0.2) is 31.8 Å². The molecule has 0 amide bonds. The van der Waals surface area contributed by atoms with Crippen molar-refractivity contribution in [3.8, 4) is 0 Å². The highest BCUT2D eigenvalue weighted by Gasteiger charge is 2.31. The lowest BCUT2D eigenvalue weighted by Crippen LogP contribution is -2.30. The lowest BCUT2D eigenvalue weighted by Gasteiger charge is -2.36. The first-order chi connectivity index (χ1) is 13.6. The second kappa shape index (κ2) is 8.52. The number of hydrogen-bond acceptors (Lipinski definition) is 7. The largest absolute Gasteiger partial charge is 0.459 e. The molecule has 156 valence electrons. The van der Waals surface area contributed by atoms with Crippen LogP contribution in [0.3, 0.4) is 0 Å². The maximum Gasteiger partial charge on any atom is 0.338 e. The number of carbonyl (C=O) groups excluding carboxylic acids is 1. The highest BCUT2D eigenvalue weighted by molar-refractivity contribution is 7.99. The Labute approximate surface area is 174 Å². The van der Waals surface area contributed by atoms with Crippen molar-refractivity contribution in [3.63, 3.8) is 0 Å². The van der Waals surface area contributed by atoms with Crippen LogP contribution in [0.15, 0.2) is 34.6 Å². The third-order valence-electron chi connectivity index (χ3n) is 5.44. The van der Waals surface area contributed by atoms with Gasteiger partial charge in [-0.05, 0) is 60.9 Å². The summed E-state index contributed by atoms with van der Waals surface area (Å²) in [4.78, 5) is 24.0. The SMILES string of the molecule is Cn1cnnc1Sc1ccc(C(=O)OC2CCC(C(C)(C)C)CC2)cc1[N+](=O)[O-]. The van der Waals surface area contributed by atoms with Crippen molar-refractivity contribution >= 4 is 23.4 Å². The van der Waals surface area contributed by atoms with Gasteiger partial charge in [-0.15, -0.1) is 10.2 Å². The molecule has 0 aliphatic heterocycles. The molecule has 0 unspecified atom stereocenters. The van der Waals surface area contributed by atoms with Gasteiger partial charge < -0.3 is 9.30 Å². The van der Waals surface area contributed by atoms with Crippen LogP contribution in [0.4, 0.5) is 5.69 Å². The summed E-state index contributed by atoms with van der Waals surface area (Å²) >= 11 is 1.13. The molecule has 2 aromatic rings. The molecule has 1 heterocycles. The Morgan fingerprint density at radius 2 is 1.97 bits per heavy atom. The van der Waals surface area contributed by atoms with Gasteiger partial charge in [-0.3, -0.25) is 10.1 Å². The predicted molar refractivity (Wildman–Crippen MR) is 109 cm³/mol. The Bertz CT molecular complexity index is 898. The Morgan fingerprint density at radius 3 is 2.52 bits per heavy atom. The van der Waals surface area contributed by atoms with Crippen molar-refractivity contribution in [3.05, 3.63) is 40.2 Å². The smallest absolute Gasteiger partial charge is 0.338 e. The van der Waals surface area contributed by atoms with Gasteiger partial charge in [0.2, 0.25) is 0 Å². The fourth-order valence-electron chi connectivity index (χ4n) is 3.60. The van der Waals surface area contributed by atoms with E-state index in [-0.39, 0.29) is 22.8 Å². The van der Waals surface area contributed by atoms with Crippen molar-refractivity contribution in [1.29, 1.82) is 0 Å². The van der Waals surface area contributed by atoms with Gasteiger partial charge in [-0.2, -0.15) is 0 Å². The number of hydrogen-bond donors (Lipinski definition) is 0. The van der Waals surface area contributed by atoms with E-state index in [0.717, 1.165) is 37.4 Å². The number of carbonyl (C=O) groups is 1. The summed E-state index contributed by atoms with van der Waals surface area (Å²) in [5, 5.41) is 19.8. The third-order valence-corrected chi connectivity index (χ3v) is 6.55. The van der Waals surface area contributed by atoms with Gasteiger partial charge in [0.25, 0.3) is 5.69 Å². The van der Waals surface area contributed by atoms with E-state index in [4.69, 9.17) is 4.74 Å². The van der Waals surface area contributed by atoms with Gasteiger partial charge in [-0.1, -0.05) is 20.8 Å². The molecule has 1 aliphatic rings. The summed E-state index contributed by atoms with van der Waals surface area (Å²) in [5.41, 5.74) is 0.298. The van der Waals surface area contributed by atoms with Gasteiger partial charge in [0, 0.05) is 13.1 Å². The zero-order chi connectivity index (χ0) is 21.2. The predicted octanol–water partition coefficient (Wildman–Crippen LogP) is 4.64. The third kappa shape index (κ3) is 5.14. The zero-order valence-electron chi connectivity index (χ0n) is 17.1. The quantitative estimate of drug-likeness (QED) is 0.396. The average Bonchev–Trinajstić information content (AvgIpc) is 3.06. The first kappa shape index (κ1) is 21.3. The molecule has 8 nitrogen and oxygen atoms in total. The van der Waals surface area contributed by atoms with E-state index >= 15 is 0 Å². The minimum absolute atomic E-state index is 0.132. The first-order valence-corrected chi connectivity index (χ1v) is 10.5. The highest BCUT2D eigenvalue weighted by atomic mass is 32.2. The Morgan fingerprint density at radius 1 is 1.28 bits per heavy atom. The zero-order valence-corrected chi connectivity index (χ0v) is 17.9. The minimum atomic E-state index is -0.512. The molecular formula is C20H26N4O4S. The summed E-state index contributed by atoms with van der Waals surface area (Å²) in [6.45, 7) is 6.72.